The van der Waals surface area contributed by atoms with Gasteiger partial charge < -0.3 is 5.32 Å². The number of amides is 1. The Balaban J connectivity index is 1.32. The van der Waals surface area contributed by atoms with Crippen LogP contribution in [0.4, 0.5) is 0 Å². The molecule has 138 valence electrons. The number of fused-ring (bicyclic) bond motifs is 2. The van der Waals surface area contributed by atoms with E-state index in [0.717, 1.165) is 23.2 Å². The number of thioether (sulfide) groups is 1. The highest BCUT2D eigenvalue weighted by atomic mass is 32.2. The lowest BCUT2D eigenvalue weighted by molar-refractivity contribution is -0.121. The molecule has 5 nitrogen and oxygen atoms in total. The molecule has 1 aromatic carbocycles. The van der Waals surface area contributed by atoms with E-state index in [2.05, 4.69) is 27.4 Å². The zero-order valence-corrected chi connectivity index (χ0v) is 16.1. The standard InChI is InChI=1S/C20H26N4OS/c1-12(17-11-14-8-9-16(17)10-14)21-19(25)13(2)26-20-22-18(23-24-20)15-6-4-3-5-7-15/h3-7,12-14,16-17H,8-11H2,1-2H3,(H,21,25)(H,22,23,24)/t12-,13+,14+,16+,17-/m1/s1. The average Bonchev–Trinajstić information content (AvgIpc) is 3.39. The summed E-state index contributed by atoms with van der Waals surface area (Å²) in [6.07, 6.45) is 5.39. The minimum atomic E-state index is -0.213. The van der Waals surface area contributed by atoms with Crippen molar-refractivity contribution >= 4 is 17.7 Å². The SMILES string of the molecule is C[C@H](Sc1n[nH]c(-c2ccccc2)n1)C(=O)N[C@H](C)[C@H]1C[C@H]2CC[C@H]1C2. The Kier molecular flexibility index (Phi) is 5.02. The first-order valence-corrected chi connectivity index (χ1v) is 10.4. The number of aromatic amines is 1. The first kappa shape index (κ1) is 17.6. The summed E-state index contributed by atoms with van der Waals surface area (Å²) in [7, 11) is 0. The fourth-order valence-corrected chi connectivity index (χ4v) is 5.32. The molecule has 2 aromatic rings. The fourth-order valence-electron chi connectivity index (χ4n) is 4.59. The number of nitrogens with zero attached hydrogens (tertiary/aromatic N) is 2. The van der Waals surface area contributed by atoms with E-state index in [-0.39, 0.29) is 17.2 Å². The van der Waals surface area contributed by atoms with Crippen LogP contribution in [0.3, 0.4) is 0 Å². The molecule has 2 bridgehead atoms. The molecule has 1 heterocycles. The van der Waals surface area contributed by atoms with Crippen LogP contribution in [0.2, 0.25) is 0 Å². The van der Waals surface area contributed by atoms with Crippen molar-refractivity contribution in [2.45, 2.75) is 56.0 Å². The van der Waals surface area contributed by atoms with Crippen molar-refractivity contribution in [3.05, 3.63) is 30.3 Å². The van der Waals surface area contributed by atoms with Gasteiger partial charge in [0.25, 0.3) is 0 Å². The Morgan fingerprint density at radius 2 is 2.04 bits per heavy atom. The predicted octanol–water partition coefficient (Wildman–Crippen LogP) is 3.89. The number of hydrogen-bond donors (Lipinski definition) is 2. The highest BCUT2D eigenvalue weighted by Crippen LogP contribution is 2.49. The van der Waals surface area contributed by atoms with Gasteiger partial charge in [-0.1, -0.05) is 48.5 Å². The summed E-state index contributed by atoms with van der Waals surface area (Å²) in [6.45, 7) is 4.09. The van der Waals surface area contributed by atoms with Crippen molar-refractivity contribution in [3.63, 3.8) is 0 Å². The van der Waals surface area contributed by atoms with Crippen molar-refractivity contribution in [3.8, 4) is 11.4 Å². The van der Waals surface area contributed by atoms with Gasteiger partial charge in [-0.3, -0.25) is 9.89 Å². The lowest BCUT2D eigenvalue weighted by Crippen LogP contribution is -2.43. The molecule has 0 radical (unpaired) electrons. The molecule has 1 amide bonds. The number of aromatic nitrogens is 3. The number of benzene rings is 1. The Labute approximate surface area is 158 Å². The van der Waals surface area contributed by atoms with Gasteiger partial charge in [-0.15, -0.1) is 5.10 Å². The van der Waals surface area contributed by atoms with E-state index < -0.39 is 0 Å². The van der Waals surface area contributed by atoms with Gasteiger partial charge >= 0.3 is 0 Å². The second-order valence-electron chi connectivity index (χ2n) is 7.73. The summed E-state index contributed by atoms with van der Waals surface area (Å²) in [5, 5.41) is 10.8. The normalized spacial score (nSPS) is 26.6. The molecule has 2 aliphatic carbocycles. The zero-order chi connectivity index (χ0) is 18.1. The topological polar surface area (TPSA) is 70.7 Å². The summed E-state index contributed by atoms with van der Waals surface area (Å²) in [6, 6.07) is 10.1. The Hall–Kier alpha value is -1.82. The zero-order valence-electron chi connectivity index (χ0n) is 15.3. The molecule has 26 heavy (non-hydrogen) atoms. The largest absolute Gasteiger partial charge is 0.352 e. The minimum Gasteiger partial charge on any atom is -0.352 e. The van der Waals surface area contributed by atoms with E-state index in [0.29, 0.717) is 11.1 Å². The average molecular weight is 371 g/mol. The second-order valence-corrected chi connectivity index (χ2v) is 9.04. The summed E-state index contributed by atoms with van der Waals surface area (Å²) < 4.78 is 0. The molecular formula is C20H26N4OS. The molecule has 6 heteroatoms. The quantitative estimate of drug-likeness (QED) is 0.757. The molecule has 2 aliphatic rings. The second kappa shape index (κ2) is 7.43. The number of H-pyrrole nitrogens is 1. The lowest BCUT2D eigenvalue weighted by Gasteiger charge is -2.29. The summed E-state index contributed by atoms with van der Waals surface area (Å²) in [5.41, 5.74) is 0.994. The van der Waals surface area contributed by atoms with Gasteiger partial charge in [0.1, 0.15) is 0 Å². The van der Waals surface area contributed by atoms with Crippen LogP contribution in [0.25, 0.3) is 11.4 Å². The summed E-state index contributed by atoms with van der Waals surface area (Å²) in [4.78, 5) is 17.1. The first-order valence-electron chi connectivity index (χ1n) is 9.55. The van der Waals surface area contributed by atoms with Gasteiger partial charge in [-0.25, -0.2) is 4.98 Å². The number of hydrogen-bond acceptors (Lipinski definition) is 4. The van der Waals surface area contributed by atoms with E-state index in [1.165, 1.54) is 37.4 Å². The van der Waals surface area contributed by atoms with Crippen LogP contribution >= 0.6 is 11.8 Å². The molecule has 2 N–H and O–H groups in total. The lowest BCUT2D eigenvalue weighted by atomic mass is 9.84. The summed E-state index contributed by atoms with van der Waals surface area (Å²) in [5.74, 6) is 3.19. The van der Waals surface area contributed by atoms with Gasteiger partial charge in [0, 0.05) is 11.6 Å². The minimum absolute atomic E-state index is 0.0799. The maximum absolute atomic E-state index is 12.6. The molecule has 0 unspecified atom stereocenters. The van der Waals surface area contributed by atoms with E-state index >= 15 is 0 Å². The molecule has 0 spiro atoms. The molecule has 2 fully saturated rings. The number of carbonyl (C=O) groups excluding carboxylic acids is 1. The number of nitrogens with one attached hydrogen (secondary N) is 2. The van der Waals surface area contributed by atoms with Crippen LogP contribution in [0.5, 0.6) is 0 Å². The van der Waals surface area contributed by atoms with Gasteiger partial charge in [-0.05, 0) is 50.9 Å². The van der Waals surface area contributed by atoms with Crippen molar-refractivity contribution < 1.29 is 4.79 Å². The van der Waals surface area contributed by atoms with Crippen LogP contribution in [0.15, 0.2) is 35.5 Å². The van der Waals surface area contributed by atoms with Gasteiger partial charge in [0.05, 0.1) is 5.25 Å². The van der Waals surface area contributed by atoms with Gasteiger partial charge in [0.2, 0.25) is 11.1 Å². The van der Waals surface area contributed by atoms with E-state index in [1.807, 2.05) is 37.3 Å². The highest BCUT2D eigenvalue weighted by molar-refractivity contribution is 8.00. The number of rotatable bonds is 6. The molecule has 4 rings (SSSR count). The number of carbonyl (C=O) groups is 1. The molecular weight excluding hydrogens is 344 g/mol. The van der Waals surface area contributed by atoms with Crippen LogP contribution in [-0.4, -0.2) is 32.4 Å². The Bertz CT molecular complexity index is 762. The van der Waals surface area contributed by atoms with Crippen molar-refractivity contribution in [1.82, 2.24) is 20.5 Å². The van der Waals surface area contributed by atoms with E-state index in [1.54, 1.807) is 0 Å². The van der Waals surface area contributed by atoms with Gasteiger partial charge in [0.15, 0.2) is 5.82 Å². The maximum atomic E-state index is 12.6. The summed E-state index contributed by atoms with van der Waals surface area (Å²) >= 11 is 1.40. The van der Waals surface area contributed by atoms with Crippen molar-refractivity contribution in [2.24, 2.45) is 17.8 Å². The van der Waals surface area contributed by atoms with Crippen molar-refractivity contribution in [2.75, 3.05) is 0 Å². The Morgan fingerprint density at radius 3 is 2.73 bits per heavy atom. The maximum Gasteiger partial charge on any atom is 0.233 e. The smallest absolute Gasteiger partial charge is 0.233 e. The molecule has 0 saturated heterocycles. The van der Waals surface area contributed by atoms with E-state index in [9.17, 15) is 4.79 Å². The van der Waals surface area contributed by atoms with Crippen LogP contribution < -0.4 is 5.32 Å². The van der Waals surface area contributed by atoms with Crippen LogP contribution in [0, 0.1) is 17.8 Å². The third kappa shape index (κ3) is 3.65. The van der Waals surface area contributed by atoms with E-state index in [4.69, 9.17) is 0 Å². The molecule has 2 saturated carbocycles. The van der Waals surface area contributed by atoms with Crippen molar-refractivity contribution in [1.29, 1.82) is 0 Å². The van der Waals surface area contributed by atoms with Gasteiger partial charge in [-0.2, -0.15) is 0 Å². The first-order chi connectivity index (χ1) is 12.6. The molecule has 1 aromatic heterocycles. The molecule has 0 aliphatic heterocycles. The molecule has 5 atom stereocenters. The fraction of sp³-hybridized carbons (Fsp3) is 0.550. The third-order valence-electron chi connectivity index (χ3n) is 5.97. The monoisotopic (exact) mass is 370 g/mol. The predicted molar refractivity (Wildman–Crippen MR) is 104 cm³/mol. The Morgan fingerprint density at radius 1 is 1.23 bits per heavy atom. The third-order valence-corrected chi connectivity index (χ3v) is 6.93. The highest BCUT2D eigenvalue weighted by Gasteiger charge is 2.42. The van der Waals surface area contributed by atoms with Crippen LogP contribution in [0.1, 0.15) is 39.5 Å². The van der Waals surface area contributed by atoms with Crippen LogP contribution in [-0.2, 0) is 4.79 Å².